The second-order valence-electron chi connectivity index (χ2n) is 3.19. The molecule has 4 nitrogen and oxygen atoms in total. The Labute approximate surface area is 89.8 Å². The van der Waals surface area contributed by atoms with E-state index in [9.17, 15) is 0 Å². The first-order chi connectivity index (χ1) is 7.34. The van der Waals surface area contributed by atoms with Crippen LogP contribution in [-0.4, -0.2) is 15.2 Å². The maximum atomic E-state index is 5.48. The van der Waals surface area contributed by atoms with Crippen molar-refractivity contribution < 1.29 is 0 Å². The Kier molecular flexibility index (Phi) is 1.72. The van der Waals surface area contributed by atoms with Gasteiger partial charge in [-0.15, -0.1) is 16.4 Å². The SMILES string of the molecule is Nc1n[nH]c(-c2csc3ccccc23)n1. The van der Waals surface area contributed by atoms with Crippen molar-refractivity contribution in [2.75, 3.05) is 5.73 Å². The van der Waals surface area contributed by atoms with Crippen LogP contribution in [0.5, 0.6) is 0 Å². The van der Waals surface area contributed by atoms with Gasteiger partial charge in [0.25, 0.3) is 0 Å². The van der Waals surface area contributed by atoms with E-state index in [0.29, 0.717) is 0 Å². The van der Waals surface area contributed by atoms with Crippen LogP contribution >= 0.6 is 11.3 Å². The summed E-state index contributed by atoms with van der Waals surface area (Å²) in [4.78, 5) is 4.12. The zero-order chi connectivity index (χ0) is 10.3. The quantitative estimate of drug-likeness (QED) is 0.655. The molecule has 15 heavy (non-hydrogen) atoms. The maximum absolute atomic E-state index is 5.48. The lowest BCUT2D eigenvalue weighted by molar-refractivity contribution is 1.10. The predicted octanol–water partition coefficient (Wildman–Crippen LogP) is 2.27. The van der Waals surface area contributed by atoms with E-state index in [4.69, 9.17) is 5.73 Å². The van der Waals surface area contributed by atoms with Crippen LogP contribution in [-0.2, 0) is 0 Å². The molecule has 3 rings (SSSR count). The van der Waals surface area contributed by atoms with E-state index in [-0.39, 0.29) is 5.95 Å². The summed E-state index contributed by atoms with van der Waals surface area (Å²) in [5.74, 6) is 1.00. The zero-order valence-corrected chi connectivity index (χ0v) is 8.58. The van der Waals surface area contributed by atoms with Gasteiger partial charge in [0.1, 0.15) is 0 Å². The Morgan fingerprint density at radius 3 is 2.93 bits per heavy atom. The van der Waals surface area contributed by atoms with Crippen LogP contribution in [0.3, 0.4) is 0 Å². The molecule has 0 atom stereocenters. The summed E-state index contributed by atoms with van der Waals surface area (Å²) in [6, 6.07) is 8.19. The molecule has 3 N–H and O–H groups in total. The number of nitrogen functional groups attached to an aromatic ring is 1. The number of hydrogen-bond donors (Lipinski definition) is 2. The molecule has 3 aromatic rings. The average Bonchev–Trinajstić information content (AvgIpc) is 2.83. The van der Waals surface area contributed by atoms with Crippen molar-refractivity contribution in [3.63, 3.8) is 0 Å². The maximum Gasteiger partial charge on any atom is 0.239 e. The topological polar surface area (TPSA) is 67.6 Å². The molecule has 0 aliphatic carbocycles. The number of anilines is 1. The highest BCUT2D eigenvalue weighted by Gasteiger charge is 2.08. The van der Waals surface area contributed by atoms with E-state index in [1.54, 1.807) is 11.3 Å². The van der Waals surface area contributed by atoms with Gasteiger partial charge in [-0.1, -0.05) is 18.2 Å². The predicted molar refractivity (Wildman–Crippen MR) is 61.6 cm³/mol. The number of nitrogens with zero attached hydrogens (tertiary/aromatic N) is 2. The minimum atomic E-state index is 0.278. The van der Waals surface area contributed by atoms with Crippen LogP contribution in [0.1, 0.15) is 0 Å². The number of aromatic nitrogens is 3. The molecule has 0 unspecified atom stereocenters. The van der Waals surface area contributed by atoms with E-state index in [1.807, 2.05) is 12.1 Å². The van der Waals surface area contributed by atoms with Crippen molar-refractivity contribution in [2.24, 2.45) is 0 Å². The fourth-order valence-corrected chi connectivity index (χ4v) is 2.50. The lowest BCUT2D eigenvalue weighted by Gasteiger charge is -1.92. The van der Waals surface area contributed by atoms with Crippen LogP contribution in [0.15, 0.2) is 29.6 Å². The molecule has 0 saturated carbocycles. The molecule has 0 spiro atoms. The average molecular weight is 216 g/mol. The van der Waals surface area contributed by atoms with Gasteiger partial charge in [0.2, 0.25) is 5.95 Å². The zero-order valence-electron chi connectivity index (χ0n) is 7.77. The first-order valence-electron chi connectivity index (χ1n) is 4.49. The Hall–Kier alpha value is -1.88. The van der Waals surface area contributed by atoms with Crippen molar-refractivity contribution in [3.05, 3.63) is 29.6 Å². The van der Waals surface area contributed by atoms with E-state index < -0.39 is 0 Å². The Morgan fingerprint density at radius 2 is 2.13 bits per heavy atom. The highest BCUT2D eigenvalue weighted by atomic mass is 32.1. The number of hydrogen-bond acceptors (Lipinski definition) is 4. The van der Waals surface area contributed by atoms with Crippen LogP contribution in [0.25, 0.3) is 21.5 Å². The summed E-state index contributed by atoms with van der Waals surface area (Å²) in [5.41, 5.74) is 6.53. The van der Waals surface area contributed by atoms with Crippen molar-refractivity contribution in [1.29, 1.82) is 0 Å². The summed E-state index contributed by atoms with van der Waals surface area (Å²) in [6.07, 6.45) is 0. The number of aromatic amines is 1. The number of H-pyrrole nitrogens is 1. The second-order valence-corrected chi connectivity index (χ2v) is 4.10. The fraction of sp³-hybridized carbons (Fsp3) is 0. The molecule has 74 valence electrons. The van der Waals surface area contributed by atoms with E-state index in [0.717, 1.165) is 11.4 Å². The molecule has 0 aliphatic rings. The molecule has 0 fully saturated rings. The number of nitrogens with one attached hydrogen (secondary N) is 1. The van der Waals surface area contributed by atoms with Gasteiger partial charge in [-0.3, -0.25) is 5.10 Å². The summed E-state index contributed by atoms with van der Waals surface area (Å²) >= 11 is 1.69. The molecule has 0 bridgehead atoms. The van der Waals surface area contributed by atoms with Crippen molar-refractivity contribution in [3.8, 4) is 11.4 Å². The first kappa shape index (κ1) is 8.43. The van der Waals surface area contributed by atoms with Crippen LogP contribution in [0.4, 0.5) is 5.95 Å². The molecular formula is C10H8N4S. The van der Waals surface area contributed by atoms with Crippen molar-refractivity contribution in [1.82, 2.24) is 15.2 Å². The molecular weight excluding hydrogens is 208 g/mol. The minimum Gasteiger partial charge on any atom is -0.366 e. The van der Waals surface area contributed by atoms with E-state index in [2.05, 4.69) is 32.7 Å². The van der Waals surface area contributed by atoms with Crippen LogP contribution < -0.4 is 5.73 Å². The van der Waals surface area contributed by atoms with Gasteiger partial charge in [-0.05, 0) is 6.07 Å². The second kappa shape index (κ2) is 3.06. The summed E-state index contributed by atoms with van der Waals surface area (Å²) in [5, 5.41) is 9.89. The fourth-order valence-electron chi connectivity index (χ4n) is 1.56. The van der Waals surface area contributed by atoms with Crippen LogP contribution in [0, 0.1) is 0 Å². The third-order valence-corrected chi connectivity index (χ3v) is 3.20. The van der Waals surface area contributed by atoms with Gasteiger partial charge < -0.3 is 5.73 Å². The smallest absolute Gasteiger partial charge is 0.239 e. The highest BCUT2D eigenvalue weighted by Crippen LogP contribution is 2.31. The minimum absolute atomic E-state index is 0.278. The third-order valence-electron chi connectivity index (χ3n) is 2.24. The first-order valence-corrected chi connectivity index (χ1v) is 5.37. The molecule has 1 aromatic carbocycles. The summed E-state index contributed by atoms with van der Waals surface area (Å²) < 4.78 is 1.24. The largest absolute Gasteiger partial charge is 0.366 e. The number of nitrogens with two attached hydrogens (primary N) is 1. The van der Waals surface area contributed by atoms with Crippen molar-refractivity contribution in [2.45, 2.75) is 0 Å². The van der Waals surface area contributed by atoms with Crippen molar-refractivity contribution >= 4 is 27.4 Å². The molecule has 0 aliphatic heterocycles. The van der Waals surface area contributed by atoms with Gasteiger partial charge in [0.05, 0.1) is 0 Å². The highest BCUT2D eigenvalue weighted by molar-refractivity contribution is 7.17. The lowest BCUT2D eigenvalue weighted by atomic mass is 10.2. The normalized spacial score (nSPS) is 10.9. The Morgan fingerprint density at radius 1 is 1.27 bits per heavy atom. The number of fused-ring (bicyclic) bond motifs is 1. The standard InChI is InChI=1S/C10H8N4S/c11-10-12-9(13-14-10)7-5-15-8-4-2-1-3-6(7)8/h1-5H,(H3,11,12,13,14). The van der Waals surface area contributed by atoms with Gasteiger partial charge in [-0.25, -0.2) is 0 Å². The van der Waals surface area contributed by atoms with Gasteiger partial charge in [-0.2, -0.15) is 4.98 Å². The lowest BCUT2D eigenvalue weighted by Crippen LogP contribution is -1.85. The van der Waals surface area contributed by atoms with E-state index in [1.165, 1.54) is 10.1 Å². The van der Waals surface area contributed by atoms with Crippen LogP contribution in [0.2, 0.25) is 0 Å². The van der Waals surface area contributed by atoms with Gasteiger partial charge >= 0.3 is 0 Å². The Balaban J connectivity index is 2.27. The number of thiophene rings is 1. The molecule has 2 heterocycles. The molecule has 2 aromatic heterocycles. The summed E-state index contributed by atoms with van der Waals surface area (Å²) in [6.45, 7) is 0. The monoisotopic (exact) mass is 216 g/mol. The molecule has 5 heteroatoms. The number of benzene rings is 1. The molecule has 0 amide bonds. The summed E-state index contributed by atoms with van der Waals surface area (Å²) in [7, 11) is 0. The Bertz CT molecular complexity index is 610. The number of rotatable bonds is 1. The van der Waals surface area contributed by atoms with Gasteiger partial charge in [0.15, 0.2) is 5.82 Å². The third kappa shape index (κ3) is 1.28. The molecule has 0 radical (unpaired) electrons. The van der Waals surface area contributed by atoms with E-state index >= 15 is 0 Å². The van der Waals surface area contributed by atoms with Gasteiger partial charge in [0, 0.05) is 21.0 Å². The molecule has 0 saturated heterocycles.